The Morgan fingerprint density at radius 3 is 2.23 bits per heavy atom. The van der Waals surface area contributed by atoms with Gasteiger partial charge in [0.2, 0.25) is 0 Å². The summed E-state index contributed by atoms with van der Waals surface area (Å²) < 4.78 is 5.69. The summed E-state index contributed by atoms with van der Waals surface area (Å²) in [6, 6.07) is 21.8. The van der Waals surface area contributed by atoms with Gasteiger partial charge in [-0.3, -0.25) is 4.79 Å². The molecule has 0 atom stereocenters. The lowest BCUT2D eigenvalue weighted by molar-refractivity contribution is -0.112. The Kier molecular flexibility index (Phi) is 7.05. The third-order valence-corrected chi connectivity index (χ3v) is 4.52. The Morgan fingerprint density at radius 1 is 1.00 bits per heavy atom. The molecule has 3 aromatic rings. The average molecular weight is 433 g/mol. The first-order chi connectivity index (χ1) is 14.9. The van der Waals surface area contributed by atoms with Crippen LogP contribution in [0.2, 0.25) is 5.02 Å². The van der Waals surface area contributed by atoms with Gasteiger partial charge in [-0.05, 0) is 65.7 Å². The zero-order valence-corrected chi connectivity index (χ0v) is 17.0. The number of aromatic carboxylic acids is 1. The van der Waals surface area contributed by atoms with Gasteiger partial charge in [-0.1, -0.05) is 35.9 Å². The summed E-state index contributed by atoms with van der Waals surface area (Å²) in [4.78, 5) is 23.2. The van der Waals surface area contributed by atoms with Crippen molar-refractivity contribution < 1.29 is 19.4 Å². The Balaban J connectivity index is 1.61. The highest BCUT2D eigenvalue weighted by Crippen LogP contribution is 2.18. The van der Waals surface area contributed by atoms with Gasteiger partial charge < -0.3 is 15.2 Å². The lowest BCUT2D eigenvalue weighted by atomic mass is 10.1. The second kappa shape index (κ2) is 10.1. The van der Waals surface area contributed by atoms with Gasteiger partial charge in [-0.15, -0.1) is 0 Å². The Labute approximate surface area is 184 Å². The van der Waals surface area contributed by atoms with Gasteiger partial charge in [-0.2, -0.15) is 5.26 Å². The molecule has 154 valence electrons. The summed E-state index contributed by atoms with van der Waals surface area (Å²) in [5.41, 5.74) is 2.21. The molecule has 3 rings (SSSR count). The van der Waals surface area contributed by atoms with Gasteiger partial charge >= 0.3 is 5.97 Å². The fourth-order valence-corrected chi connectivity index (χ4v) is 2.74. The third-order valence-electron chi connectivity index (χ3n) is 4.26. The van der Waals surface area contributed by atoms with Gasteiger partial charge in [0.15, 0.2) is 0 Å². The molecule has 2 N–H and O–H groups in total. The molecule has 0 saturated heterocycles. The van der Waals surface area contributed by atoms with Gasteiger partial charge in [0.1, 0.15) is 24.0 Å². The fourth-order valence-electron chi connectivity index (χ4n) is 2.62. The normalized spacial score (nSPS) is 10.8. The van der Waals surface area contributed by atoms with Gasteiger partial charge in [0.25, 0.3) is 5.91 Å². The number of nitrogens with one attached hydrogen (secondary N) is 1. The number of nitriles is 1. The fraction of sp³-hybridized carbons (Fsp3) is 0.0417. The minimum Gasteiger partial charge on any atom is -0.489 e. The smallest absolute Gasteiger partial charge is 0.335 e. The lowest BCUT2D eigenvalue weighted by Gasteiger charge is -2.07. The second-order valence-corrected chi connectivity index (χ2v) is 6.93. The van der Waals surface area contributed by atoms with E-state index in [1.54, 1.807) is 60.7 Å². The van der Waals surface area contributed by atoms with Crippen LogP contribution in [0.3, 0.4) is 0 Å². The number of carboxylic acid groups (broad SMARTS) is 1. The van der Waals surface area contributed by atoms with E-state index >= 15 is 0 Å². The molecule has 0 radical (unpaired) electrons. The summed E-state index contributed by atoms with van der Waals surface area (Å²) in [7, 11) is 0. The van der Waals surface area contributed by atoms with Crippen LogP contribution in [-0.4, -0.2) is 17.0 Å². The molecular weight excluding hydrogens is 416 g/mol. The van der Waals surface area contributed by atoms with E-state index < -0.39 is 11.9 Å². The molecular formula is C24H17ClN2O4. The maximum atomic E-state index is 12.3. The minimum absolute atomic E-state index is 0.0397. The topological polar surface area (TPSA) is 99.4 Å². The number of nitrogens with zero attached hydrogens (tertiary/aromatic N) is 1. The number of hydrogen-bond donors (Lipinski definition) is 2. The number of hydrogen-bond acceptors (Lipinski definition) is 4. The zero-order valence-electron chi connectivity index (χ0n) is 16.2. The van der Waals surface area contributed by atoms with E-state index in [9.17, 15) is 14.9 Å². The van der Waals surface area contributed by atoms with Crippen LogP contribution in [0, 0.1) is 11.3 Å². The van der Waals surface area contributed by atoms with Crippen molar-refractivity contribution in [1.29, 1.82) is 5.26 Å². The van der Waals surface area contributed by atoms with E-state index in [4.69, 9.17) is 21.4 Å². The molecule has 6 nitrogen and oxygen atoms in total. The molecule has 0 aliphatic rings. The first kappa shape index (κ1) is 21.6. The van der Waals surface area contributed by atoms with Crippen molar-refractivity contribution in [3.05, 3.63) is 100 Å². The molecule has 0 aromatic heterocycles. The first-order valence-electron chi connectivity index (χ1n) is 9.18. The highest BCUT2D eigenvalue weighted by atomic mass is 35.5. The number of rotatable bonds is 7. The molecule has 7 heteroatoms. The molecule has 0 fully saturated rings. The Morgan fingerprint density at radius 2 is 1.65 bits per heavy atom. The van der Waals surface area contributed by atoms with Crippen molar-refractivity contribution in [3.8, 4) is 11.8 Å². The van der Waals surface area contributed by atoms with Gasteiger partial charge in [-0.25, -0.2) is 4.79 Å². The van der Waals surface area contributed by atoms with Crippen molar-refractivity contribution in [2.75, 3.05) is 5.32 Å². The Bertz CT molecular complexity index is 1150. The summed E-state index contributed by atoms with van der Waals surface area (Å²) in [5, 5.41) is 21.5. The van der Waals surface area contributed by atoms with Crippen molar-refractivity contribution in [3.63, 3.8) is 0 Å². The van der Waals surface area contributed by atoms with Crippen LogP contribution in [0.1, 0.15) is 21.5 Å². The molecule has 31 heavy (non-hydrogen) atoms. The second-order valence-electron chi connectivity index (χ2n) is 6.49. The quantitative estimate of drug-likeness (QED) is 0.396. The predicted molar refractivity (Wildman–Crippen MR) is 118 cm³/mol. The standard InChI is InChI=1S/C24H17ClN2O4/c25-20-7-9-21(10-8-20)27-23(28)19(14-26)13-16-3-11-22(12-4-16)31-15-17-1-5-18(6-2-17)24(29)30/h1-13H,15H2,(H,27,28)(H,29,30)/b19-13-. The molecule has 0 spiro atoms. The lowest BCUT2D eigenvalue weighted by Crippen LogP contribution is -2.13. The molecule has 1 amide bonds. The third kappa shape index (κ3) is 6.20. The number of carboxylic acids is 1. The predicted octanol–water partition coefficient (Wildman–Crippen LogP) is 5.16. The molecule has 0 aliphatic carbocycles. The molecule has 0 bridgehead atoms. The summed E-state index contributed by atoms with van der Waals surface area (Å²) in [6.45, 7) is 0.280. The molecule has 0 heterocycles. The van der Waals surface area contributed by atoms with E-state index in [1.807, 2.05) is 6.07 Å². The highest BCUT2D eigenvalue weighted by molar-refractivity contribution is 6.30. The van der Waals surface area contributed by atoms with Crippen LogP contribution in [-0.2, 0) is 11.4 Å². The number of halogens is 1. The molecule has 0 saturated carbocycles. The van der Waals surface area contributed by atoms with E-state index in [0.29, 0.717) is 22.0 Å². The zero-order chi connectivity index (χ0) is 22.2. The van der Waals surface area contributed by atoms with E-state index in [2.05, 4.69) is 5.32 Å². The van der Waals surface area contributed by atoms with Crippen molar-refractivity contribution >= 4 is 35.2 Å². The number of ether oxygens (including phenoxy) is 1. The summed E-state index contributed by atoms with van der Waals surface area (Å²) in [6.07, 6.45) is 1.49. The SMILES string of the molecule is N#C/C(=C/c1ccc(OCc2ccc(C(=O)O)cc2)cc1)C(=O)Nc1ccc(Cl)cc1. The maximum Gasteiger partial charge on any atom is 0.335 e. The number of carbonyl (C=O) groups is 2. The van der Waals surface area contributed by atoms with Crippen LogP contribution in [0.4, 0.5) is 5.69 Å². The van der Waals surface area contributed by atoms with Crippen molar-refractivity contribution in [2.45, 2.75) is 6.61 Å². The maximum absolute atomic E-state index is 12.3. The summed E-state index contributed by atoms with van der Waals surface area (Å²) >= 11 is 5.82. The molecule has 3 aromatic carbocycles. The number of benzene rings is 3. The molecule has 0 unspecified atom stereocenters. The van der Waals surface area contributed by atoms with E-state index in [0.717, 1.165) is 5.56 Å². The van der Waals surface area contributed by atoms with E-state index in [-0.39, 0.29) is 17.7 Å². The number of anilines is 1. The van der Waals surface area contributed by atoms with Crippen molar-refractivity contribution in [1.82, 2.24) is 0 Å². The molecule has 0 aliphatic heterocycles. The monoisotopic (exact) mass is 432 g/mol. The van der Waals surface area contributed by atoms with Crippen molar-refractivity contribution in [2.24, 2.45) is 0 Å². The largest absolute Gasteiger partial charge is 0.489 e. The average Bonchev–Trinajstić information content (AvgIpc) is 2.78. The minimum atomic E-state index is -0.977. The van der Waals surface area contributed by atoms with Crippen LogP contribution >= 0.6 is 11.6 Å². The van der Waals surface area contributed by atoms with E-state index in [1.165, 1.54) is 18.2 Å². The van der Waals surface area contributed by atoms with Crippen LogP contribution in [0.15, 0.2) is 78.4 Å². The Hall–Kier alpha value is -4.08. The number of carbonyl (C=O) groups excluding carboxylic acids is 1. The van der Waals surface area contributed by atoms with Gasteiger partial charge in [0, 0.05) is 10.7 Å². The van der Waals surface area contributed by atoms with Crippen LogP contribution in [0.25, 0.3) is 6.08 Å². The summed E-state index contributed by atoms with van der Waals surface area (Å²) in [5.74, 6) is -0.895. The number of amides is 1. The van der Waals surface area contributed by atoms with Crippen LogP contribution in [0.5, 0.6) is 5.75 Å². The van der Waals surface area contributed by atoms with Gasteiger partial charge in [0.05, 0.1) is 5.56 Å². The first-order valence-corrected chi connectivity index (χ1v) is 9.56. The highest BCUT2D eigenvalue weighted by Gasteiger charge is 2.10. The van der Waals surface area contributed by atoms with Crippen LogP contribution < -0.4 is 10.1 Å².